The van der Waals surface area contributed by atoms with Gasteiger partial charge in [-0.3, -0.25) is 9.59 Å². The topological polar surface area (TPSA) is 66.6 Å². The van der Waals surface area contributed by atoms with Crippen molar-refractivity contribution >= 4 is 56.3 Å². The summed E-state index contributed by atoms with van der Waals surface area (Å²) in [5.41, 5.74) is 5.43. The first kappa shape index (κ1) is 18.2. The Morgan fingerprint density at radius 1 is 1.13 bits per heavy atom. The molecule has 0 saturated carbocycles. The highest BCUT2D eigenvalue weighted by molar-refractivity contribution is 7.27. The van der Waals surface area contributed by atoms with Crippen molar-refractivity contribution in [2.45, 2.75) is 12.8 Å². The van der Waals surface area contributed by atoms with Gasteiger partial charge < -0.3 is 15.5 Å². The van der Waals surface area contributed by atoms with E-state index in [-0.39, 0.29) is 24.2 Å². The average molecular weight is 374 g/mol. The number of hydrogen-bond acceptors (Lipinski definition) is 5. The highest BCUT2D eigenvalue weighted by atomic mass is 35.5. The largest absolute Gasteiger partial charge is 0.339 e. The van der Waals surface area contributed by atoms with Crippen LogP contribution >= 0.6 is 35.1 Å². The second-order valence-electron chi connectivity index (χ2n) is 5.32. The highest BCUT2D eigenvalue weighted by Crippen LogP contribution is 2.30. The van der Waals surface area contributed by atoms with Crippen LogP contribution in [0.4, 0.5) is 0 Å². The minimum absolute atomic E-state index is 0. The van der Waals surface area contributed by atoms with Gasteiger partial charge >= 0.3 is 0 Å². The van der Waals surface area contributed by atoms with E-state index in [0.717, 1.165) is 11.3 Å². The Hall–Kier alpha value is -1.15. The molecule has 5 nitrogen and oxygen atoms in total. The number of carbonyl (C=O) groups is 2. The molecule has 126 valence electrons. The van der Waals surface area contributed by atoms with Crippen LogP contribution in [0.3, 0.4) is 0 Å². The molecule has 0 radical (unpaired) electrons. The van der Waals surface area contributed by atoms with Gasteiger partial charge in [0.1, 0.15) is 0 Å². The molecule has 1 saturated heterocycles. The van der Waals surface area contributed by atoms with Crippen molar-refractivity contribution in [3.05, 3.63) is 22.4 Å². The molecule has 3 rings (SSSR count). The number of rotatable bonds is 4. The van der Waals surface area contributed by atoms with Gasteiger partial charge in [-0.15, -0.1) is 35.1 Å². The quantitative estimate of drug-likeness (QED) is 0.894. The first-order valence-electron chi connectivity index (χ1n) is 7.43. The van der Waals surface area contributed by atoms with Crippen molar-refractivity contribution in [3.63, 3.8) is 0 Å². The molecule has 0 unspecified atom stereocenters. The molecule has 0 atom stereocenters. The Kier molecular flexibility index (Phi) is 6.41. The lowest BCUT2D eigenvalue weighted by Crippen LogP contribution is -2.50. The predicted molar refractivity (Wildman–Crippen MR) is 97.7 cm³/mol. The number of thiophene rings is 2. The Balaban J connectivity index is 0.00000192. The zero-order chi connectivity index (χ0) is 15.5. The van der Waals surface area contributed by atoms with Crippen molar-refractivity contribution in [1.29, 1.82) is 0 Å². The maximum Gasteiger partial charge on any atom is 0.264 e. The van der Waals surface area contributed by atoms with Crippen LogP contribution in [-0.2, 0) is 4.79 Å². The van der Waals surface area contributed by atoms with Gasteiger partial charge in [0, 0.05) is 42.0 Å². The second-order valence-corrected chi connectivity index (χ2v) is 7.36. The van der Waals surface area contributed by atoms with Crippen LogP contribution in [0, 0.1) is 0 Å². The molecule has 0 aliphatic carbocycles. The molecule has 8 heteroatoms. The number of nitrogens with two attached hydrogens (primary N) is 1. The summed E-state index contributed by atoms with van der Waals surface area (Å²) < 4.78 is 2.34. The zero-order valence-corrected chi connectivity index (χ0v) is 15.1. The summed E-state index contributed by atoms with van der Waals surface area (Å²) in [5, 5.41) is 2.04. The number of hydrogen-bond donors (Lipinski definition) is 1. The molecule has 2 aromatic rings. The zero-order valence-electron chi connectivity index (χ0n) is 12.7. The van der Waals surface area contributed by atoms with Crippen molar-refractivity contribution in [3.8, 4) is 0 Å². The molecule has 2 N–H and O–H groups in total. The predicted octanol–water partition coefficient (Wildman–Crippen LogP) is 2.41. The lowest BCUT2D eigenvalue weighted by molar-refractivity contribution is -0.132. The van der Waals surface area contributed by atoms with E-state index in [9.17, 15) is 9.59 Å². The standard InChI is InChI=1S/C15H19N3O2S2.ClH/c16-4-1-2-14(19)17-5-7-18(8-6-17)15(20)13-10-12-11(22-13)3-9-21-12;/h3,9-10H,1-2,4-8,16H2;1H. The molecule has 1 aliphatic rings. The van der Waals surface area contributed by atoms with Crippen LogP contribution in [0.1, 0.15) is 22.5 Å². The molecule has 0 aromatic carbocycles. The summed E-state index contributed by atoms with van der Waals surface area (Å²) in [6.07, 6.45) is 1.23. The smallest absolute Gasteiger partial charge is 0.264 e. The maximum atomic E-state index is 12.5. The lowest BCUT2D eigenvalue weighted by atomic mass is 10.2. The van der Waals surface area contributed by atoms with Crippen LogP contribution in [0.15, 0.2) is 17.5 Å². The Morgan fingerprint density at radius 3 is 2.48 bits per heavy atom. The van der Waals surface area contributed by atoms with E-state index >= 15 is 0 Å². The van der Waals surface area contributed by atoms with Crippen LogP contribution in [-0.4, -0.2) is 54.3 Å². The van der Waals surface area contributed by atoms with Crippen molar-refractivity contribution in [1.82, 2.24) is 9.80 Å². The maximum absolute atomic E-state index is 12.5. The van der Waals surface area contributed by atoms with Gasteiger partial charge in [-0.2, -0.15) is 0 Å². The van der Waals surface area contributed by atoms with Gasteiger partial charge in [-0.05, 0) is 30.5 Å². The number of carbonyl (C=O) groups excluding carboxylic acids is 2. The summed E-state index contributed by atoms with van der Waals surface area (Å²) in [5.74, 6) is 0.233. The van der Waals surface area contributed by atoms with Gasteiger partial charge in [0.2, 0.25) is 5.91 Å². The lowest BCUT2D eigenvalue weighted by Gasteiger charge is -2.34. The van der Waals surface area contributed by atoms with Crippen LogP contribution in [0.25, 0.3) is 9.40 Å². The van der Waals surface area contributed by atoms with Crippen molar-refractivity contribution in [2.75, 3.05) is 32.7 Å². The molecule has 3 heterocycles. The summed E-state index contributed by atoms with van der Waals surface area (Å²) in [6.45, 7) is 3.00. The minimum Gasteiger partial charge on any atom is -0.339 e. The van der Waals surface area contributed by atoms with Gasteiger partial charge in [-0.25, -0.2) is 0 Å². The second kappa shape index (κ2) is 8.10. The molecular formula is C15H20ClN3O2S2. The third kappa shape index (κ3) is 4.03. The summed E-state index contributed by atoms with van der Waals surface area (Å²) in [4.78, 5) is 29.0. The summed E-state index contributed by atoms with van der Waals surface area (Å²) >= 11 is 3.21. The highest BCUT2D eigenvalue weighted by Gasteiger charge is 2.25. The first-order chi connectivity index (χ1) is 10.7. The van der Waals surface area contributed by atoms with Crippen LogP contribution in [0.5, 0.6) is 0 Å². The van der Waals surface area contributed by atoms with Gasteiger partial charge in [0.05, 0.1) is 4.88 Å². The molecule has 1 fully saturated rings. The van der Waals surface area contributed by atoms with E-state index in [1.807, 2.05) is 21.2 Å². The molecule has 1 aliphatic heterocycles. The molecule has 0 spiro atoms. The number of halogens is 1. The fourth-order valence-electron chi connectivity index (χ4n) is 2.60. The third-order valence-corrected chi connectivity index (χ3v) is 5.95. The Morgan fingerprint density at radius 2 is 1.83 bits per heavy atom. The van der Waals surface area contributed by atoms with Crippen LogP contribution in [0.2, 0.25) is 0 Å². The molecular weight excluding hydrogens is 354 g/mol. The van der Waals surface area contributed by atoms with Crippen molar-refractivity contribution < 1.29 is 9.59 Å². The van der Waals surface area contributed by atoms with E-state index in [0.29, 0.717) is 39.1 Å². The van der Waals surface area contributed by atoms with Crippen LogP contribution < -0.4 is 5.73 Å². The summed E-state index contributed by atoms with van der Waals surface area (Å²) in [6, 6.07) is 4.03. The van der Waals surface area contributed by atoms with E-state index < -0.39 is 0 Å². The Labute approximate surface area is 149 Å². The number of amides is 2. The first-order valence-corrected chi connectivity index (χ1v) is 9.13. The van der Waals surface area contributed by atoms with E-state index in [2.05, 4.69) is 6.07 Å². The average Bonchev–Trinajstić information content (AvgIpc) is 3.13. The molecule has 2 amide bonds. The monoisotopic (exact) mass is 373 g/mol. The third-order valence-electron chi connectivity index (χ3n) is 3.86. The van der Waals surface area contributed by atoms with E-state index in [1.54, 1.807) is 22.7 Å². The normalized spacial score (nSPS) is 14.8. The van der Waals surface area contributed by atoms with Gasteiger partial charge in [0.25, 0.3) is 5.91 Å². The Bertz CT molecular complexity index is 649. The van der Waals surface area contributed by atoms with Gasteiger partial charge in [-0.1, -0.05) is 0 Å². The minimum atomic E-state index is 0. The molecule has 23 heavy (non-hydrogen) atoms. The van der Waals surface area contributed by atoms with E-state index in [4.69, 9.17) is 5.73 Å². The molecule has 0 bridgehead atoms. The van der Waals surface area contributed by atoms with Gasteiger partial charge in [0.15, 0.2) is 0 Å². The van der Waals surface area contributed by atoms with Crippen molar-refractivity contribution in [2.24, 2.45) is 5.73 Å². The molecule has 2 aromatic heterocycles. The fourth-order valence-corrected chi connectivity index (χ4v) is 4.67. The number of piperazine rings is 1. The summed E-state index contributed by atoms with van der Waals surface area (Å²) in [7, 11) is 0. The SMILES string of the molecule is Cl.NCCCC(=O)N1CCN(C(=O)c2cc3sccc3s2)CC1. The number of nitrogens with zero attached hydrogens (tertiary/aromatic N) is 2. The fraction of sp³-hybridized carbons (Fsp3) is 0.467. The van der Waals surface area contributed by atoms with E-state index in [1.165, 1.54) is 9.40 Å². The number of fused-ring (bicyclic) bond motifs is 1.